The second kappa shape index (κ2) is 14.4. The molecule has 1 atom stereocenters. The number of thiophene rings is 1. The van der Waals surface area contributed by atoms with Gasteiger partial charge < -0.3 is 24.8 Å². The number of ether oxygens (including phenoxy) is 3. The number of anilines is 2. The molecule has 0 spiro atoms. The molecular weight excluding hydrogens is 560 g/mol. The van der Waals surface area contributed by atoms with E-state index >= 15 is 0 Å². The summed E-state index contributed by atoms with van der Waals surface area (Å²) in [6.45, 7) is 1.95. The largest absolute Gasteiger partial charge is 0.496 e. The number of aryl methyl sites for hydroxylation is 1. The Morgan fingerprint density at radius 1 is 0.902 bits per heavy atom. The van der Waals surface area contributed by atoms with Crippen molar-refractivity contribution in [2.75, 3.05) is 32.0 Å². The van der Waals surface area contributed by atoms with Crippen LogP contribution in [-0.4, -0.2) is 44.4 Å². The number of nitrogens with one attached hydrogen (secondary N) is 2. The summed E-state index contributed by atoms with van der Waals surface area (Å²) in [5, 5.41) is 6.12. The van der Waals surface area contributed by atoms with E-state index in [1.807, 2.05) is 25.1 Å². The molecule has 2 amide bonds. The summed E-state index contributed by atoms with van der Waals surface area (Å²) >= 11 is 2.90. The van der Waals surface area contributed by atoms with E-state index in [2.05, 4.69) is 10.6 Å². The number of amides is 2. The van der Waals surface area contributed by atoms with Crippen molar-refractivity contribution >= 4 is 51.6 Å². The number of hydrogen-bond donors (Lipinski definition) is 2. The molecule has 1 aliphatic carbocycles. The smallest absolute Gasteiger partial charge is 0.341 e. The zero-order valence-corrected chi connectivity index (χ0v) is 25.5. The van der Waals surface area contributed by atoms with E-state index < -0.39 is 11.2 Å². The Kier molecular flexibility index (Phi) is 10.7. The summed E-state index contributed by atoms with van der Waals surface area (Å²) < 4.78 is 15.8. The van der Waals surface area contributed by atoms with E-state index in [0.717, 1.165) is 47.4 Å². The van der Waals surface area contributed by atoms with Crippen LogP contribution in [-0.2, 0) is 22.4 Å². The SMILES string of the molecule is CCC(Sc1cccc(NC(=O)c2c(OC)cccc2OC)c1)C(=O)Nc1sc2c(c1C(=O)OC)CCCCCC2. The van der Waals surface area contributed by atoms with Gasteiger partial charge in [0.1, 0.15) is 22.1 Å². The van der Waals surface area contributed by atoms with Crippen LogP contribution in [0.15, 0.2) is 47.4 Å². The highest BCUT2D eigenvalue weighted by molar-refractivity contribution is 8.00. The van der Waals surface area contributed by atoms with Crippen molar-refractivity contribution in [3.63, 3.8) is 0 Å². The molecule has 0 bridgehead atoms. The van der Waals surface area contributed by atoms with E-state index in [1.165, 1.54) is 50.8 Å². The summed E-state index contributed by atoms with van der Waals surface area (Å²) in [7, 11) is 4.38. The fourth-order valence-electron chi connectivity index (χ4n) is 4.92. The monoisotopic (exact) mass is 596 g/mol. The molecule has 2 aromatic carbocycles. The highest BCUT2D eigenvalue weighted by Crippen LogP contribution is 2.38. The number of esters is 1. The predicted octanol–water partition coefficient (Wildman–Crippen LogP) is 6.97. The maximum atomic E-state index is 13.5. The first-order valence-electron chi connectivity index (χ1n) is 13.7. The van der Waals surface area contributed by atoms with Crippen LogP contribution in [0.5, 0.6) is 11.5 Å². The highest BCUT2D eigenvalue weighted by atomic mass is 32.2. The number of hydrogen-bond acceptors (Lipinski definition) is 8. The Bertz CT molecular complexity index is 1380. The molecule has 0 saturated heterocycles. The summed E-state index contributed by atoms with van der Waals surface area (Å²) in [5.74, 6) is -0.139. The van der Waals surface area contributed by atoms with Gasteiger partial charge in [0.05, 0.1) is 32.1 Å². The summed E-state index contributed by atoms with van der Waals surface area (Å²) in [5.41, 5.74) is 2.40. The first kappa shape index (κ1) is 30.5. The topological polar surface area (TPSA) is 103 Å². The maximum Gasteiger partial charge on any atom is 0.341 e. The molecule has 0 radical (unpaired) electrons. The highest BCUT2D eigenvalue weighted by Gasteiger charge is 2.28. The van der Waals surface area contributed by atoms with Gasteiger partial charge in [0.15, 0.2) is 0 Å². The minimum atomic E-state index is -0.412. The van der Waals surface area contributed by atoms with Crippen LogP contribution in [0, 0.1) is 0 Å². The van der Waals surface area contributed by atoms with Gasteiger partial charge >= 0.3 is 5.97 Å². The van der Waals surface area contributed by atoms with Crippen molar-refractivity contribution in [3.8, 4) is 11.5 Å². The third-order valence-corrected chi connectivity index (χ3v) is 9.55. The van der Waals surface area contributed by atoms with Crippen LogP contribution in [0.4, 0.5) is 10.7 Å². The van der Waals surface area contributed by atoms with E-state index in [1.54, 1.807) is 24.3 Å². The van der Waals surface area contributed by atoms with E-state index in [-0.39, 0.29) is 11.8 Å². The summed E-state index contributed by atoms with van der Waals surface area (Å²) in [6, 6.07) is 12.5. The van der Waals surface area contributed by atoms with E-state index in [4.69, 9.17) is 14.2 Å². The molecule has 10 heteroatoms. The number of methoxy groups -OCH3 is 3. The minimum Gasteiger partial charge on any atom is -0.496 e. The van der Waals surface area contributed by atoms with Crippen LogP contribution < -0.4 is 20.1 Å². The Hall–Kier alpha value is -3.50. The minimum absolute atomic E-state index is 0.176. The Balaban J connectivity index is 1.51. The molecule has 8 nitrogen and oxygen atoms in total. The molecular formula is C31H36N2O6S2. The van der Waals surface area contributed by atoms with Crippen molar-refractivity contribution in [1.29, 1.82) is 0 Å². The molecule has 4 rings (SSSR count). The van der Waals surface area contributed by atoms with Crippen LogP contribution in [0.2, 0.25) is 0 Å². The van der Waals surface area contributed by atoms with Gasteiger partial charge in [-0.15, -0.1) is 23.1 Å². The molecule has 0 aliphatic heterocycles. The van der Waals surface area contributed by atoms with Gasteiger partial charge in [0, 0.05) is 15.5 Å². The van der Waals surface area contributed by atoms with Crippen molar-refractivity contribution < 1.29 is 28.6 Å². The zero-order valence-electron chi connectivity index (χ0n) is 23.8. The number of benzene rings is 2. The first-order chi connectivity index (χ1) is 19.9. The standard InChI is InChI=1S/C31H36N2O6S2/c1-5-24(28(34)33-30-26(31(36)39-4)21-14-8-6-7-9-17-25(21)41-30)40-20-13-10-12-19(18-20)32-29(35)27-22(37-2)15-11-16-23(27)38-3/h10-13,15-16,18,24H,5-9,14,17H2,1-4H3,(H,32,35)(H,33,34). The van der Waals surface area contributed by atoms with Crippen molar-refractivity contribution in [3.05, 3.63) is 64.0 Å². The lowest BCUT2D eigenvalue weighted by Gasteiger charge is -2.16. The van der Waals surface area contributed by atoms with Crippen molar-refractivity contribution in [2.45, 2.75) is 62.0 Å². The van der Waals surface area contributed by atoms with Gasteiger partial charge in [0.2, 0.25) is 5.91 Å². The van der Waals surface area contributed by atoms with Gasteiger partial charge in [-0.25, -0.2) is 4.79 Å². The average Bonchev–Trinajstić information content (AvgIpc) is 3.30. The Morgan fingerprint density at radius 2 is 1.59 bits per heavy atom. The van der Waals surface area contributed by atoms with Crippen LogP contribution in [0.25, 0.3) is 0 Å². The second-order valence-electron chi connectivity index (χ2n) is 9.64. The second-order valence-corrected chi connectivity index (χ2v) is 12.0. The van der Waals surface area contributed by atoms with Gasteiger partial charge in [-0.2, -0.15) is 0 Å². The third-order valence-electron chi connectivity index (χ3n) is 6.99. The molecule has 1 unspecified atom stereocenters. The lowest BCUT2D eigenvalue weighted by atomic mass is 9.96. The molecule has 218 valence electrons. The Morgan fingerprint density at radius 3 is 2.24 bits per heavy atom. The van der Waals surface area contributed by atoms with Gasteiger partial charge in [-0.05, 0) is 68.0 Å². The Labute approximate surface area is 249 Å². The summed E-state index contributed by atoms with van der Waals surface area (Å²) in [6.07, 6.45) is 6.70. The average molecular weight is 597 g/mol. The normalized spacial score (nSPS) is 13.7. The number of fused-ring (bicyclic) bond motifs is 1. The number of carbonyl (C=O) groups excluding carboxylic acids is 3. The fourth-order valence-corrected chi connectivity index (χ4v) is 7.21. The van der Waals surface area contributed by atoms with Gasteiger partial charge in [0.25, 0.3) is 5.91 Å². The summed E-state index contributed by atoms with van der Waals surface area (Å²) in [4.78, 5) is 41.4. The first-order valence-corrected chi connectivity index (χ1v) is 15.4. The predicted molar refractivity (Wildman–Crippen MR) is 164 cm³/mol. The lowest BCUT2D eigenvalue weighted by Crippen LogP contribution is -2.25. The molecule has 2 N–H and O–H groups in total. The van der Waals surface area contributed by atoms with Crippen molar-refractivity contribution in [1.82, 2.24) is 0 Å². The van der Waals surface area contributed by atoms with Crippen molar-refractivity contribution in [2.24, 2.45) is 0 Å². The molecule has 3 aromatic rings. The fraction of sp³-hybridized carbons (Fsp3) is 0.387. The number of carbonyl (C=O) groups is 3. The lowest BCUT2D eigenvalue weighted by molar-refractivity contribution is -0.115. The molecule has 1 heterocycles. The molecule has 0 saturated carbocycles. The molecule has 41 heavy (non-hydrogen) atoms. The van der Waals surface area contributed by atoms with Gasteiger partial charge in [-0.1, -0.05) is 31.9 Å². The number of thioether (sulfide) groups is 1. The van der Waals surface area contributed by atoms with E-state index in [9.17, 15) is 14.4 Å². The maximum absolute atomic E-state index is 13.5. The van der Waals surface area contributed by atoms with Crippen LogP contribution in [0.1, 0.15) is 70.2 Å². The molecule has 0 fully saturated rings. The number of rotatable bonds is 10. The molecule has 1 aliphatic rings. The van der Waals surface area contributed by atoms with Crippen LogP contribution >= 0.6 is 23.1 Å². The molecule has 1 aromatic heterocycles. The van der Waals surface area contributed by atoms with Crippen LogP contribution in [0.3, 0.4) is 0 Å². The third kappa shape index (κ3) is 7.23. The van der Waals surface area contributed by atoms with Gasteiger partial charge in [-0.3, -0.25) is 9.59 Å². The quantitative estimate of drug-likeness (QED) is 0.192. The zero-order chi connectivity index (χ0) is 29.4. The van der Waals surface area contributed by atoms with E-state index in [0.29, 0.717) is 39.7 Å².